The average Bonchev–Trinajstić information content (AvgIpc) is 2.56. The van der Waals surface area contributed by atoms with Crippen molar-refractivity contribution < 1.29 is 9.72 Å². The summed E-state index contributed by atoms with van der Waals surface area (Å²) in [4.78, 5) is 27.7. The first-order valence-electron chi connectivity index (χ1n) is 8.88. The molecule has 2 aliphatic heterocycles. The Hall–Kier alpha value is -2.15. The third kappa shape index (κ3) is 3.61. The van der Waals surface area contributed by atoms with Gasteiger partial charge >= 0.3 is 6.03 Å². The lowest BCUT2D eigenvalue weighted by atomic mass is 9.84. The topological polar surface area (TPSA) is 78.7 Å². The Morgan fingerprint density at radius 2 is 2.00 bits per heavy atom. The van der Waals surface area contributed by atoms with Crippen molar-refractivity contribution >= 4 is 17.4 Å². The SMILES string of the molecule is Cc1cc(C)c([N+](=O)[O-])cc1NC(=O)N1CCC2C(CCCN2C)C1. The van der Waals surface area contributed by atoms with Crippen molar-refractivity contribution in [3.05, 3.63) is 33.4 Å². The van der Waals surface area contributed by atoms with E-state index in [2.05, 4.69) is 17.3 Å². The van der Waals surface area contributed by atoms with Gasteiger partial charge in [-0.15, -0.1) is 0 Å². The number of likely N-dealkylation sites (tertiary alicyclic amines) is 2. The molecule has 2 amide bonds. The zero-order valence-electron chi connectivity index (χ0n) is 15.1. The molecule has 2 atom stereocenters. The number of hydrogen-bond acceptors (Lipinski definition) is 4. The van der Waals surface area contributed by atoms with Crippen LogP contribution in [0.4, 0.5) is 16.2 Å². The van der Waals surface area contributed by atoms with Gasteiger partial charge in [-0.05, 0) is 64.3 Å². The zero-order valence-corrected chi connectivity index (χ0v) is 15.1. The highest BCUT2D eigenvalue weighted by atomic mass is 16.6. The Balaban J connectivity index is 1.71. The molecule has 136 valence electrons. The molecule has 1 aromatic carbocycles. The van der Waals surface area contributed by atoms with E-state index in [1.807, 2.05) is 11.8 Å². The lowest BCUT2D eigenvalue weighted by Gasteiger charge is -2.45. The zero-order chi connectivity index (χ0) is 18.1. The van der Waals surface area contributed by atoms with Gasteiger partial charge in [0, 0.05) is 30.8 Å². The minimum absolute atomic E-state index is 0.0357. The molecule has 1 aromatic rings. The first kappa shape index (κ1) is 17.7. The molecular formula is C18H26N4O3. The standard InChI is InChI=1S/C18H26N4O3/c1-12-9-13(2)17(22(24)25)10-15(12)19-18(23)21-8-6-16-14(11-21)5-4-7-20(16)3/h9-10,14,16H,4-8,11H2,1-3H3,(H,19,23). The molecule has 2 unspecified atom stereocenters. The lowest BCUT2D eigenvalue weighted by molar-refractivity contribution is -0.385. The fraction of sp³-hybridized carbons (Fsp3) is 0.611. The smallest absolute Gasteiger partial charge is 0.321 e. The molecule has 0 aromatic heterocycles. The Morgan fingerprint density at radius 3 is 2.72 bits per heavy atom. The third-order valence-electron chi connectivity index (χ3n) is 5.61. The molecule has 25 heavy (non-hydrogen) atoms. The molecule has 7 heteroatoms. The maximum Gasteiger partial charge on any atom is 0.321 e. The van der Waals surface area contributed by atoms with Crippen molar-refractivity contribution in [2.45, 2.75) is 39.2 Å². The van der Waals surface area contributed by atoms with Gasteiger partial charge in [-0.25, -0.2) is 4.79 Å². The average molecular weight is 346 g/mol. The van der Waals surface area contributed by atoms with Crippen LogP contribution >= 0.6 is 0 Å². The van der Waals surface area contributed by atoms with E-state index >= 15 is 0 Å². The summed E-state index contributed by atoms with van der Waals surface area (Å²) in [6.45, 7) is 6.19. The first-order chi connectivity index (χ1) is 11.9. The van der Waals surface area contributed by atoms with E-state index in [0.29, 0.717) is 23.2 Å². The molecule has 0 saturated carbocycles. The molecule has 0 radical (unpaired) electrons. The van der Waals surface area contributed by atoms with Gasteiger partial charge in [0.25, 0.3) is 5.69 Å². The number of nitro groups is 1. The normalized spacial score (nSPS) is 23.9. The van der Waals surface area contributed by atoms with Gasteiger partial charge in [0.05, 0.1) is 10.6 Å². The summed E-state index contributed by atoms with van der Waals surface area (Å²) in [5.74, 6) is 0.520. The fourth-order valence-corrected chi connectivity index (χ4v) is 4.20. The van der Waals surface area contributed by atoms with E-state index in [4.69, 9.17) is 0 Å². The summed E-state index contributed by atoms with van der Waals surface area (Å²) in [5.41, 5.74) is 1.99. The molecule has 3 rings (SSSR count). The van der Waals surface area contributed by atoms with Gasteiger partial charge in [0.2, 0.25) is 0 Å². The minimum atomic E-state index is -0.409. The summed E-state index contributed by atoms with van der Waals surface area (Å²) in [5, 5.41) is 14.0. The van der Waals surface area contributed by atoms with Crippen LogP contribution in [0.2, 0.25) is 0 Å². The minimum Gasteiger partial charge on any atom is -0.324 e. The summed E-state index contributed by atoms with van der Waals surface area (Å²) in [6, 6.07) is 3.62. The number of hydrogen-bond donors (Lipinski definition) is 1. The number of carbonyl (C=O) groups excluding carboxylic acids is 1. The second-order valence-electron chi connectivity index (χ2n) is 7.33. The quantitative estimate of drug-likeness (QED) is 0.659. The van der Waals surface area contributed by atoms with Crippen LogP contribution in [0.25, 0.3) is 0 Å². The predicted octanol–water partition coefficient (Wildman–Crippen LogP) is 3.16. The molecule has 0 aliphatic carbocycles. The van der Waals surface area contributed by atoms with Gasteiger partial charge in [0.1, 0.15) is 0 Å². The number of rotatable bonds is 2. The summed E-state index contributed by atoms with van der Waals surface area (Å²) < 4.78 is 0. The Kier molecular flexibility index (Phi) is 4.94. The number of amides is 2. The number of urea groups is 1. The molecule has 2 saturated heterocycles. The fourth-order valence-electron chi connectivity index (χ4n) is 4.20. The predicted molar refractivity (Wildman–Crippen MR) is 96.9 cm³/mol. The first-order valence-corrected chi connectivity index (χ1v) is 8.88. The van der Waals surface area contributed by atoms with E-state index in [-0.39, 0.29) is 11.7 Å². The van der Waals surface area contributed by atoms with Crippen molar-refractivity contribution in [2.75, 3.05) is 32.0 Å². The summed E-state index contributed by atoms with van der Waals surface area (Å²) >= 11 is 0. The molecular weight excluding hydrogens is 320 g/mol. The van der Waals surface area contributed by atoms with Crippen molar-refractivity contribution in [3.63, 3.8) is 0 Å². The van der Waals surface area contributed by atoms with Crippen LogP contribution in [-0.2, 0) is 0 Å². The molecule has 2 fully saturated rings. The number of benzene rings is 1. The van der Waals surface area contributed by atoms with Gasteiger partial charge in [-0.1, -0.05) is 0 Å². The largest absolute Gasteiger partial charge is 0.324 e. The highest BCUT2D eigenvalue weighted by Crippen LogP contribution is 2.31. The van der Waals surface area contributed by atoms with E-state index in [1.165, 1.54) is 12.5 Å². The number of aryl methyl sites for hydroxylation is 2. The van der Waals surface area contributed by atoms with Crippen LogP contribution in [0.1, 0.15) is 30.4 Å². The van der Waals surface area contributed by atoms with E-state index < -0.39 is 4.92 Å². The second kappa shape index (κ2) is 7.00. The maximum atomic E-state index is 12.7. The third-order valence-corrected chi connectivity index (χ3v) is 5.61. The van der Waals surface area contributed by atoms with Crippen molar-refractivity contribution in [1.29, 1.82) is 0 Å². The molecule has 2 aliphatic rings. The number of fused-ring (bicyclic) bond motifs is 1. The molecule has 1 N–H and O–H groups in total. The number of nitrogens with one attached hydrogen (secondary N) is 1. The Bertz CT molecular complexity index is 691. The van der Waals surface area contributed by atoms with Crippen LogP contribution in [0, 0.1) is 29.9 Å². The molecule has 0 spiro atoms. The van der Waals surface area contributed by atoms with Gasteiger partial charge in [-0.3, -0.25) is 10.1 Å². The molecule has 7 nitrogen and oxygen atoms in total. The highest BCUT2D eigenvalue weighted by Gasteiger charge is 2.35. The summed E-state index contributed by atoms with van der Waals surface area (Å²) in [6.07, 6.45) is 3.33. The van der Waals surface area contributed by atoms with E-state index in [9.17, 15) is 14.9 Å². The van der Waals surface area contributed by atoms with E-state index in [1.54, 1.807) is 13.0 Å². The lowest BCUT2D eigenvalue weighted by Crippen LogP contribution is -2.54. The number of nitro benzene ring substituents is 1. The summed E-state index contributed by atoms with van der Waals surface area (Å²) in [7, 11) is 2.17. The van der Waals surface area contributed by atoms with Gasteiger partial charge in [0.15, 0.2) is 0 Å². The highest BCUT2D eigenvalue weighted by molar-refractivity contribution is 5.90. The number of anilines is 1. The maximum absolute atomic E-state index is 12.7. The number of nitrogens with zero attached hydrogens (tertiary/aromatic N) is 3. The second-order valence-corrected chi connectivity index (χ2v) is 7.33. The van der Waals surface area contributed by atoms with Crippen molar-refractivity contribution in [3.8, 4) is 0 Å². The van der Waals surface area contributed by atoms with Crippen LogP contribution in [-0.4, -0.2) is 53.5 Å². The number of carbonyl (C=O) groups is 1. The molecule has 2 heterocycles. The Morgan fingerprint density at radius 1 is 1.24 bits per heavy atom. The van der Waals surface area contributed by atoms with Crippen LogP contribution < -0.4 is 5.32 Å². The van der Waals surface area contributed by atoms with Crippen LogP contribution in [0.3, 0.4) is 0 Å². The van der Waals surface area contributed by atoms with Gasteiger partial charge in [-0.2, -0.15) is 0 Å². The van der Waals surface area contributed by atoms with E-state index in [0.717, 1.165) is 38.0 Å². The van der Waals surface area contributed by atoms with Crippen LogP contribution in [0.5, 0.6) is 0 Å². The number of piperidine rings is 2. The molecule has 0 bridgehead atoms. The van der Waals surface area contributed by atoms with Gasteiger partial charge < -0.3 is 15.1 Å². The monoisotopic (exact) mass is 346 g/mol. The van der Waals surface area contributed by atoms with Crippen molar-refractivity contribution in [2.24, 2.45) is 5.92 Å². The Labute approximate surface area is 148 Å². The van der Waals surface area contributed by atoms with Crippen molar-refractivity contribution in [1.82, 2.24) is 9.80 Å². The van der Waals surface area contributed by atoms with Crippen LogP contribution in [0.15, 0.2) is 12.1 Å².